The molecule has 1 N–H and O–H groups in total. The van der Waals surface area contributed by atoms with E-state index in [1.54, 1.807) is 53.4 Å². The number of rotatable bonds is 4. The molecular formula is C24H23NO5. The van der Waals surface area contributed by atoms with Crippen molar-refractivity contribution in [1.82, 2.24) is 4.90 Å². The van der Waals surface area contributed by atoms with E-state index < -0.39 is 23.7 Å². The van der Waals surface area contributed by atoms with E-state index in [2.05, 4.69) is 0 Å². The van der Waals surface area contributed by atoms with Crippen molar-refractivity contribution in [3.8, 4) is 0 Å². The Bertz CT molecular complexity index is 1000. The van der Waals surface area contributed by atoms with E-state index in [4.69, 9.17) is 4.74 Å². The molecule has 1 aliphatic heterocycles. The van der Waals surface area contributed by atoms with Gasteiger partial charge in [0.2, 0.25) is 0 Å². The van der Waals surface area contributed by atoms with Crippen molar-refractivity contribution in [2.24, 2.45) is 0 Å². The van der Waals surface area contributed by atoms with E-state index in [0.717, 1.165) is 25.7 Å². The minimum atomic E-state index is -0.694. The van der Waals surface area contributed by atoms with Gasteiger partial charge in [0.05, 0.1) is 24.3 Å². The molecule has 1 heterocycles. The first-order valence-electron chi connectivity index (χ1n) is 10.1. The third-order valence-corrected chi connectivity index (χ3v) is 5.89. The largest absolute Gasteiger partial charge is 0.507 e. The van der Waals surface area contributed by atoms with E-state index in [9.17, 15) is 19.5 Å². The van der Waals surface area contributed by atoms with Crippen molar-refractivity contribution < 1.29 is 24.2 Å². The van der Waals surface area contributed by atoms with Crippen LogP contribution in [0.4, 0.5) is 0 Å². The summed E-state index contributed by atoms with van der Waals surface area (Å²) < 4.78 is 4.75. The van der Waals surface area contributed by atoms with E-state index >= 15 is 0 Å². The van der Waals surface area contributed by atoms with Crippen LogP contribution in [0, 0.1) is 0 Å². The smallest absolute Gasteiger partial charge is 0.337 e. The maximum atomic E-state index is 13.0. The summed E-state index contributed by atoms with van der Waals surface area (Å²) in [6.45, 7) is 0. The number of carbonyl (C=O) groups excluding carboxylic acids is 3. The molecule has 0 aromatic heterocycles. The van der Waals surface area contributed by atoms with Gasteiger partial charge >= 0.3 is 5.97 Å². The fourth-order valence-corrected chi connectivity index (χ4v) is 4.41. The average Bonchev–Trinajstić information content (AvgIpc) is 3.40. The van der Waals surface area contributed by atoms with Crippen molar-refractivity contribution in [2.45, 2.75) is 37.8 Å². The minimum absolute atomic E-state index is 0.0483. The van der Waals surface area contributed by atoms with E-state index in [1.165, 1.54) is 7.11 Å². The van der Waals surface area contributed by atoms with Gasteiger partial charge < -0.3 is 14.7 Å². The number of amides is 1. The Morgan fingerprint density at radius 2 is 1.60 bits per heavy atom. The zero-order valence-corrected chi connectivity index (χ0v) is 16.7. The summed E-state index contributed by atoms with van der Waals surface area (Å²) in [5.74, 6) is -1.90. The molecule has 1 saturated heterocycles. The number of aliphatic hydroxyl groups excluding tert-OH is 1. The minimum Gasteiger partial charge on any atom is -0.507 e. The standard InChI is InChI=1S/C24H23NO5/c1-30-24(29)17-13-11-15(12-14-17)20-19(21(26)16-7-3-2-4-8-16)22(27)23(28)25(20)18-9-5-6-10-18/h2-4,7-8,11-14,18,20,26H,5-6,9-10H2,1H3/t20-/m0/s1. The molecule has 6 nitrogen and oxygen atoms in total. The summed E-state index contributed by atoms with van der Waals surface area (Å²) in [6, 6.07) is 14.7. The highest BCUT2D eigenvalue weighted by atomic mass is 16.5. The highest BCUT2D eigenvalue weighted by Gasteiger charge is 2.49. The van der Waals surface area contributed by atoms with Crippen molar-refractivity contribution in [3.05, 3.63) is 76.9 Å². The first-order chi connectivity index (χ1) is 14.5. The molecule has 6 heteroatoms. The summed E-state index contributed by atoms with van der Waals surface area (Å²) in [5.41, 5.74) is 1.62. The molecule has 4 rings (SSSR count). The van der Waals surface area contributed by atoms with Gasteiger partial charge in [-0.3, -0.25) is 9.59 Å². The number of hydrogen-bond donors (Lipinski definition) is 1. The average molecular weight is 405 g/mol. The molecule has 0 radical (unpaired) electrons. The number of Topliss-reactive ketones (excluding diaryl/α,β-unsaturated/α-hetero) is 1. The summed E-state index contributed by atoms with van der Waals surface area (Å²) in [6.07, 6.45) is 3.66. The number of esters is 1. The number of ketones is 1. The van der Waals surface area contributed by atoms with Crippen LogP contribution in [0.3, 0.4) is 0 Å². The van der Waals surface area contributed by atoms with Gasteiger partial charge in [-0.2, -0.15) is 0 Å². The Morgan fingerprint density at radius 1 is 0.967 bits per heavy atom. The van der Waals surface area contributed by atoms with Gasteiger partial charge in [-0.25, -0.2) is 4.79 Å². The quantitative estimate of drug-likeness (QED) is 0.362. The lowest BCUT2D eigenvalue weighted by Gasteiger charge is -2.30. The molecule has 2 aromatic rings. The van der Waals surface area contributed by atoms with Gasteiger partial charge in [0.15, 0.2) is 0 Å². The number of benzene rings is 2. The number of likely N-dealkylation sites (tertiary alicyclic amines) is 1. The number of aliphatic hydroxyl groups is 1. The van der Waals surface area contributed by atoms with Crippen molar-refractivity contribution >= 4 is 23.4 Å². The Labute approximate surface area is 174 Å². The first kappa shape index (κ1) is 19.9. The van der Waals surface area contributed by atoms with E-state index in [-0.39, 0.29) is 17.4 Å². The molecule has 0 bridgehead atoms. The van der Waals surface area contributed by atoms with Gasteiger partial charge in [0.1, 0.15) is 5.76 Å². The first-order valence-corrected chi connectivity index (χ1v) is 10.1. The molecule has 30 heavy (non-hydrogen) atoms. The normalized spacial score (nSPS) is 21.2. The third-order valence-electron chi connectivity index (χ3n) is 5.89. The van der Waals surface area contributed by atoms with Crippen molar-refractivity contribution in [3.63, 3.8) is 0 Å². The predicted molar refractivity (Wildman–Crippen MR) is 111 cm³/mol. The van der Waals surface area contributed by atoms with E-state index in [1.807, 2.05) is 6.07 Å². The van der Waals surface area contributed by atoms with Crippen LogP contribution in [0.5, 0.6) is 0 Å². The van der Waals surface area contributed by atoms with Crippen LogP contribution in [0.1, 0.15) is 53.2 Å². The maximum absolute atomic E-state index is 13.0. The van der Waals surface area contributed by atoms with Crippen molar-refractivity contribution in [1.29, 1.82) is 0 Å². The molecule has 1 saturated carbocycles. The van der Waals surface area contributed by atoms with Crippen LogP contribution in [0.25, 0.3) is 5.76 Å². The number of ether oxygens (including phenoxy) is 1. The second-order valence-electron chi connectivity index (χ2n) is 7.62. The number of carbonyl (C=O) groups is 3. The van der Waals surface area contributed by atoms with Crippen LogP contribution in [-0.2, 0) is 14.3 Å². The lowest BCUT2D eigenvalue weighted by Crippen LogP contribution is -2.37. The van der Waals surface area contributed by atoms with Crippen LogP contribution in [0.2, 0.25) is 0 Å². The van der Waals surface area contributed by atoms with Crippen LogP contribution in [0.15, 0.2) is 60.2 Å². The Morgan fingerprint density at radius 3 is 2.20 bits per heavy atom. The summed E-state index contributed by atoms with van der Waals surface area (Å²) in [4.78, 5) is 39.4. The lowest BCUT2D eigenvalue weighted by atomic mass is 9.94. The zero-order valence-electron chi connectivity index (χ0n) is 16.7. The molecular weight excluding hydrogens is 382 g/mol. The lowest BCUT2D eigenvalue weighted by molar-refractivity contribution is -0.141. The summed E-state index contributed by atoms with van der Waals surface area (Å²) in [5, 5.41) is 11.0. The molecule has 2 fully saturated rings. The number of hydrogen-bond acceptors (Lipinski definition) is 5. The molecule has 1 atom stereocenters. The molecule has 1 aliphatic carbocycles. The fraction of sp³-hybridized carbons (Fsp3) is 0.292. The van der Waals surface area contributed by atoms with Crippen molar-refractivity contribution in [2.75, 3.05) is 7.11 Å². The van der Waals surface area contributed by atoms with Gasteiger partial charge in [-0.05, 0) is 30.5 Å². The molecule has 2 aromatic carbocycles. The number of nitrogens with zero attached hydrogens (tertiary/aromatic N) is 1. The van der Waals surface area contributed by atoms with Gasteiger partial charge in [0.25, 0.3) is 11.7 Å². The topological polar surface area (TPSA) is 83.9 Å². The SMILES string of the molecule is COC(=O)c1ccc([C@H]2C(=C(O)c3ccccc3)C(=O)C(=O)N2C2CCCC2)cc1. The molecule has 2 aliphatic rings. The second-order valence-corrected chi connectivity index (χ2v) is 7.62. The number of methoxy groups -OCH3 is 1. The van der Waals surface area contributed by atoms with Crippen LogP contribution < -0.4 is 0 Å². The van der Waals surface area contributed by atoms with E-state index in [0.29, 0.717) is 16.7 Å². The summed E-state index contributed by atoms with van der Waals surface area (Å²) >= 11 is 0. The van der Waals surface area contributed by atoms with Gasteiger partial charge in [0, 0.05) is 11.6 Å². The van der Waals surface area contributed by atoms with Crippen LogP contribution >= 0.6 is 0 Å². The van der Waals surface area contributed by atoms with Gasteiger partial charge in [-0.15, -0.1) is 0 Å². The second kappa shape index (κ2) is 8.14. The maximum Gasteiger partial charge on any atom is 0.337 e. The highest BCUT2D eigenvalue weighted by molar-refractivity contribution is 6.46. The predicted octanol–water partition coefficient (Wildman–Crippen LogP) is 3.84. The zero-order chi connectivity index (χ0) is 21.3. The fourth-order valence-electron chi connectivity index (χ4n) is 4.41. The highest BCUT2D eigenvalue weighted by Crippen LogP contribution is 2.43. The molecule has 0 spiro atoms. The van der Waals surface area contributed by atoms with Gasteiger partial charge in [-0.1, -0.05) is 55.3 Å². The molecule has 154 valence electrons. The summed E-state index contributed by atoms with van der Waals surface area (Å²) in [7, 11) is 1.31. The Hall–Kier alpha value is -3.41. The van der Waals surface area contributed by atoms with Crippen LogP contribution in [-0.4, -0.2) is 40.8 Å². The third kappa shape index (κ3) is 3.38. The Kier molecular flexibility index (Phi) is 5.40. The molecule has 1 amide bonds. The monoisotopic (exact) mass is 405 g/mol. The Balaban J connectivity index is 1.84. The molecule has 0 unspecified atom stereocenters.